The maximum Gasteiger partial charge on any atom is 0.344 e. The fraction of sp³-hybridized carbons (Fsp3) is 0.417. The van der Waals surface area contributed by atoms with Crippen LogP contribution < -0.4 is 4.74 Å². The van der Waals surface area contributed by atoms with Crippen molar-refractivity contribution in [1.82, 2.24) is 0 Å². The van der Waals surface area contributed by atoms with Gasteiger partial charge in [-0.25, -0.2) is 4.79 Å². The van der Waals surface area contributed by atoms with Gasteiger partial charge in [0.25, 0.3) is 0 Å². The van der Waals surface area contributed by atoms with Gasteiger partial charge in [-0.05, 0) is 46.5 Å². The summed E-state index contributed by atoms with van der Waals surface area (Å²) < 4.78 is 6.08. The van der Waals surface area contributed by atoms with E-state index in [1.807, 2.05) is 12.1 Å². The average Bonchev–Trinajstić information content (AvgIpc) is 2.20. The number of hydrogen-bond acceptors (Lipinski definition) is 2. The Bertz CT molecular complexity index is 388. The van der Waals surface area contributed by atoms with Gasteiger partial charge in [-0.1, -0.05) is 19.9 Å². The molecule has 0 saturated carbocycles. The van der Waals surface area contributed by atoms with Crippen LogP contribution in [0, 0.1) is 0 Å². The molecule has 0 bridgehead atoms. The van der Waals surface area contributed by atoms with Crippen LogP contribution in [-0.4, -0.2) is 17.2 Å². The summed E-state index contributed by atoms with van der Waals surface area (Å²) in [6, 6.07) is 5.69. The number of carbonyl (C=O) groups is 1. The second-order valence-corrected chi connectivity index (χ2v) is 4.80. The largest absolute Gasteiger partial charge is 0.479 e. The SMILES string of the molecule is CC(C)c1ccc(O[C@@H](C)C(=O)O)c(Br)c1. The fourth-order valence-corrected chi connectivity index (χ4v) is 1.70. The van der Waals surface area contributed by atoms with E-state index in [1.54, 1.807) is 6.07 Å². The van der Waals surface area contributed by atoms with Crippen molar-refractivity contribution in [2.45, 2.75) is 32.8 Å². The Morgan fingerprint density at radius 3 is 2.44 bits per heavy atom. The van der Waals surface area contributed by atoms with E-state index in [1.165, 1.54) is 12.5 Å². The van der Waals surface area contributed by atoms with Crippen molar-refractivity contribution in [1.29, 1.82) is 0 Å². The van der Waals surface area contributed by atoms with Gasteiger partial charge in [0.15, 0.2) is 6.10 Å². The quantitative estimate of drug-likeness (QED) is 0.923. The Kier molecular flexibility index (Phi) is 4.35. The summed E-state index contributed by atoms with van der Waals surface area (Å²) in [5.74, 6) is 0.0152. The molecule has 1 N–H and O–H groups in total. The number of ether oxygens (including phenoxy) is 1. The van der Waals surface area contributed by atoms with Gasteiger partial charge in [-0.3, -0.25) is 0 Å². The number of aliphatic carboxylic acids is 1. The van der Waals surface area contributed by atoms with Crippen LogP contribution >= 0.6 is 15.9 Å². The van der Waals surface area contributed by atoms with Crippen LogP contribution in [0.5, 0.6) is 5.75 Å². The van der Waals surface area contributed by atoms with E-state index >= 15 is 0 Å². The zero-order valence-electron chi connectivity index (χ0n) is 9.53. The molecule has 0 unspecified atom stereocenters. The van der Waals surface area contributed by atoms with E-state index in [2.05, 4.69) is 29.8 Å². The molecule has 0 saturated heterocycles. The van der Waals surface area contributed by atoms with Crippen LogP contribution in [0.25, 0.3) is 0 Å². The van der Waals surface area contributed by atoms with Crippen molar-refractivity contribution in [3.05, 3.63) is 28.2 Å². The van der Waals surface area contributed by atoms with E-state index in [-0.39, 0.29) is 0 Å². The minimum atomic E-state index is -0.972. The lowest BCUT2D eigenvalue weighted by atomic mass is 10.0. The average molecular weight is 287 g/mol. The van der Waals surface area contributed by atoms with Crippen molar-refractivity contribution in [3.8, 4) is 5.75 Å². The van der Waals surface area contributed by atoms with Gasteiger partial charge in [-0.2, -0.15) is 0 Å². The Balaban J connectivity index is 2.87. The number of benzene rings is 1. The molecule has 0 aliphatic carbocycles. The summed E-state index contributed by atoms with van der Waals surface area (Å²) in [5.41, 5.74) is 1.18. The summed E-state index contributed by atoms with van der Waals surface area (Å²) in [6.45, 7) is 5.70. The maximum absolute atomic E-state index is 10.6. The van der Waals surface area contributed by atoms with Gasteiger partial charge < -0.3 is 9.84 Å². The molecule has 1 atom stereocenters. The van der Waals surface area contributed by atoms with E-state index in [0.717, 1.165) is 4.47 Å². The molecule has 1 rings (SSSR count). The van der Waals surface area contributed by atoms with Gasteiger partial charge in [0.2, 0.25) is 0 Å². The van der Waals surface area contributed by atoms with Crippen molar-refractivity contribution in [2.75, 3.05) is 0 Å². The van der Waals surface area contributed by atoms with Crippen molar-refractivity contribution >= 4 is 21.9 Å². The predicted molar refractivity (Wildman–Crippen MR) is 66.0 cm³/mol. The molecule has 0 radical (unpaired) electrons. The topological polar surface area (TPSA) is 46.5 Å². The standard InChI is InChI=1S/C12H15BrO3/c1-7(2)9-4-5-11(10(13)6-9)16-8(3)12(14)15/h4-8H,1-3H3,(H,14,15)/t8-/m0/s1. The zero-order valence-corrected chi connectivity index (χ0v) is 11.1. The second kappa shape index (κ2) is 5.34. The predicted octanol–water partition coefficient (Wildman–Crippen LogP) is 3.42. The first-order chi connectivity index (χ1) is 7.41. The van der Waals surface area contributed by atoms with Crippen LogP contribution in [0.3, 0.4) is 0 Å². The molecule has 0 fully saturated rings. The van der Waals surface area contributed by atoms with Gasteiger partial charge in [-0.15, -0.1) is 0 Å². The van der Waals surface area contributed by atoms with E-state index < -0.39 is 12.1 Å². The highest BCUT2D eigenvalue weighted by atomic mass is 79.9. The minimum Gasteiger partial charge on any atom is -0.479 e. The number of carboxylic acid groups (broad SMARTS) is 1. The van der Waals surface area contributed by atoms with Gasteiger partial charge in [0.05, 0.1) is 4.47 Å². The smallest absolute Gasteiger partial charge is 0.344 e. The van der Waals surface area contributed by atoms with Crippen LogP contribution in [0.1, 0.15) is 32.3 Å². The van der Waals surface area contributed by atoms with Gasteiger partial charge in [0, 0.05) is 0 Å². The molecule has 0 amide bonds. The molecule has 0 heterocycles. The third-order valence-corrected chi connectivity index (χ3v) is 2.89. The molecule has 88 valence electrons. The molecular weight excluding hydrogens is 272 g/mol. The van der Waals surface area contributed by atoms with Crippen molar-refractivity contribution in [3.63, 3.8) is 0 Å². The Morgan fingerprint density at radius 2 is 2.00 bits per heavy atom. The first-order valence-electron chi connectivity index (χ1n) is 5.10. The molecule has 0 aliphatic heterocycles. The molecule has 16 heavy (non-hydrogen) atoms. The van der Waals surface area contributed by atoms with Crippen LogP contribution in [0.4, 0.5) is 0 Å². The van der Waals surface area contributed by atoms with Crippen LogP contribution in [-0.2, 0) is 4.79 Å². The number of carboxylic acids is 1. The van der Waals surface area contributed by atoms with Gasteiger partial charge >= 0.3 is 5.97 Å². The molecule has 3 nitrogen and oxygen atoms in total. The Morgan fingerprint density at radius 1 is 1.38 bits per heavy atom. The first kappa shape index (κ1) is 13.0. The van der Waals surface area contributed by atoms with Crippen molar-refractivity contribution < 1.29 is 14.6 Å². The normalized spacial score (nSPS) is 12.6. The molecule has 0 aromatic heterocycles. The summed E-state index contributed by atoms with van der Waals surface area (Å²) in [5, 5.41) is 8.74. The summed E-state index contributed by atoms with van der Waals surface area (Å²) in [4.78, 5) is 10.6. The lowest BCUT2D eigenvalue weighted by molar-refractivity contribution is -0.144. The highest BCUT2D eigenvalue weighted by Crippen LogP contribution is 2.29. The van der Waals surface area contributed by atoms with E-state index in [9.17, 15) is 4.79 Å². The summed E-state index contributed by atoms with van der Waals surface area (Å²) in [6.07, 6.45) is -0.846. The van der Waals surface area contributed by atoms with Gasteiger partial charge in [0.1, 0.15) is 5.75 Å². The molecule has 0 spiro atoms. The second-order valence-electron chi connectivity index (χ2n) is 3.94. The van der Waals surface area contributed by atoms with E-state index in [0.29, 0.717) is 11.7 Å². The first-order valence-corrected chi connectivity index (χ1v) is 5.90. The monoisotopic (exact) mass is 286 g/mol. The molecule has 1 aromatic carbocycles. The Labute approximate surface area is 104 Å². The van der Waals surface area contributed by atoms with Crippen LogP contribution in [0.15, 0.2) is 22.7 Å². The zero-order chi connectivity index (χ0) is 12.3. The highest BCUT2D eigenvalue weighted by Gasteiger charge is 2.14. The lowest BCUT2D eigenvalue weighted by Gasteiger charge is -2.13. The molecular formula is C12H15BrO3. The number of hydrogen-bond donors (Lipinski definition) is 1. The number of rotatable bonds is 4. The lowest BCUT2D eigenvalue weighted by Crippen LogP contribution is -2.23. The summed E-state index contributed by atoms with van der Waals surface area (Å²) >= 11 is 3.38. The molecule has 0 aliphatic rings. The maximum atomic E-state index is 10.6. The summed E-state index contributed by atoms with van der Waals surface area (Å²) in [7, 11) is 0. The number of halogens is 1. The third-order valence-electron chi connectivity index (χ3n) is 2.27. The fourth-order valence-electron chi connectivity index (χ4n) is 1.21. The van der Waals surface area contributed by atoms with Crippen molar-refractivity contribution in [2.24, 2.45) is 0 Å². The van der Waals surface area contributed by atoms with Crippen LogP contribution in [0.2, 0.25) is 0 Å². The third kappa shape index (κ3) is 3.23. The Hall–Kier alpha value is -1.03. The minimum absolute atomic E-state index is 0.433. The molecule has 4 heteroatoms. The highest BCUT2D eigenvalue weighted by molar-refractivity contribution is 9.10. The van der Waals surface area contributed by atoms with E-state index in [4.69, 9.17) is 9.84 Å². The molecule has 1 aromatic rings.